The van der Waals surface area contributed by atoms with Gasteiger partial charge < -0.3 is 20.1 Å². The molecule has 0 bridgehead atoms. The van der Waals surface area contributed by atoms with E-state index in [1.807, 2.05) is 37.3 Å². The fourth-order valence-corrected chi connectivity index (χ4v) is 2.35. The van der Waals surface area contributed by atoms with Crippen molar-refractivity contribution in [2.45, 2.75) is 58.8 Å². The maximum atomic E-state index is 12.4. The Morgan fingerprint density at radius 3 is 2.42 bits per heavy atom. The second-order valence-electron chi connectivity index (χ2n) is 6.78. The second kappa shape index (κ2) is 10.8. The summed E-state index contributed by atoms with van der Waals surface area (Å²) in [6, 6.07) is 8.49. The molecule has 0 heterocycles. The van der Waals surface area contributed by atoms with Crippen LogP contribution < -0.4 is 10.6 Å². The molecule has 0 aliphatic heterocycles. The molecule has 1 amide bonds. The number of ether oxygens (including phenoxy) is 2. The average molecular weight is 381 g/mol. The van der Waals surface area contributed by atoms with E-state index in [1.54, 1.807) is 20.8 Å². The minimum absolute atomic E-state index is 0.128. The Morgan fingerprint density at radius 2 is 1.85 bits per heavy atom. The van der Waals surface area contributed by atoms with E-state index in [4.69, 9.17) is 21.7 Å². The van der Waals surface area contributed by atoms with Gasteiger partial charge in [-0.3, -0.25) is 0 Å². The minimum atomic E-state index is -0.825. The molecule has 1 aromatic rings. The minimum Gasteiger partial charge on any atom is -0.458 e. The molecular weight excluding hydrogens is 352 g/mol. The molecule has 0 radical (unpaired) electrons. The first-order valence-electron chi connectivity index (χ1n) is 8.68. The van der Waals surface area contributed by atoms with Crippen molar-refractivity contribution in [1.29, 1.82) is 0 Å². The highest BCUT2D eigenvalue weighted by Crippen LogP contribution is 2.11. The Kier molecular flexibility index (Phi) is 9.05. The van der Waals surface area contributed by atoms with Crippen molar-refractivity contribution in [2.75, 3.05) is 6.54 Å². The molecular formula is C19H28N2O4S. The van der Waals surface area contributed by atoms with Crippen LogP contribution in [0.5, 0.6) is 0 Å². The molecule has 0 unspecified atom stereocenters. The van der Waals surface area contributed by atoms with Gasteiger partial charge in [-0.1, -0.05) is 42.5 Å². The number of hydrogen-bond donors (Lipinski definition) is 2. The van der Waals surface area contributed by atoms with E-state index in [2.05, 4.69) is 10.6 Å². The lowest BCUT2D eigenvalue weighted by Gasteiger charge is -2.24. The first-order valence-corrected chi connectivity index (χ1v) is 9.09. The molecule has 6 nitrogen and oxygen atoms in total. The molecule has 0 aromatic heterocycles. The van der Waals surface area contributed by atoms with Crippen LogP contribution in [0.1, 0.15) is 46.1 Å². The normalized spacial score (nSPS) is 12.0. The molecule has 7 heteroatoms. The van der Waals surface area contributed by atoms with Crippen LogP contribution in [0.3, 0.4) is 0 Å². The van der Waals surface area contributed by atoms with Crippen molar-refractivity contribution >= 4 is 29.3 Å². The monoisotopic (exact) mass is 380 g/mol. The van der Waals surface area contributed by atoms with E-state index in [-0.39, 0.29) is 6.61 Å². The largest absolute Gasteiger partial charge is 0.458 e. The highest BCUT2D eigenvalue weighted by Gasteiger charge is 2.27. The van der Waals surface area contributed by atoms with Gasteiger partial charge in [0, 0.05) is 13.0 Å². The summed E-state index contributed by atoms with van der Waals surface area (Å²) in [7, 11) is 0. The Hall–Kier alpha value is -2.15. The quantitative estimate of drug-likeness (QED) is 0.532. The maximum absolute atomic E-state index is 12.4. The maximum Gasteiger partial charge on any atom is 0.408 e. The van der Waals surface area contributed by atoms with Crippen molar-refractivity contribution < 1.29 is 19.1 Å². The van der Waals surface area contributed by atoms with Gasteiger partial charge in [0.05, 0.1) is 4.99 Å². The smallest absolute Gasteiger partial charge is 0.408 e. The molecule has 1 rings (SSSR count). The number of rotatable bonds is 8. The fourth-order valence-electron chi connectivity index (χ4n) is 2.09. The molecule has 0 saturated carbocycles. The number of benzene rings is 1. The second-order valence-corrected chi connectivity index (χ2v) is 7.28. The van der Waals surface area contributed by atoms with Gasteiger partial charge >= 0.3 is 12.1 Å². The number of nitrogens with one attached hydrogen (secondary N) is 2. The van der Waals surface area contributed by atoms with Gasteiger partial charge in [0.25, 0.3) is 0 Å². The number of alkyl carbamates (subject to hydrolysis) is 1. The number of thiocarbonyl (C=S) groups is 1. The highest BCUT2D eigenvalue weighted by atomic mass is 32.1. The van der Waals surface area contributed by atoms with Crippen molar-refractivity contribution in [1.82, 2.24) is 10.6 Å². The fraction of sp³-hybridized carbons (Fsp3) is 0.526. The zero-order chi connectivity index (χ0) is 19.6. The first-order chi connectivity index (χ1) is 12.2. The Labute approximate surface area is 160 Å². The standard InChI is InChI=1S/C19H28N2O4S/c1-5-20-16(26)12-11-15(17(22)25-19(2,3)4)21-18(23)24-13-14-9-7-6-8-10-14/h6-10,15H,5,11-13H2,1-4H3,(H,20,26)(H,21,23)/t15-/m0/s1. The summed E-state index contributed by atoms with van der Waals surface area (Å²) in [6.07, 6.45) is 0.131. The van der Waals surface area contributed by atoms with E-state index in [0.29, 0.717) is 24.4 Å². The molecule has 0 saturated heterocycles. The van der Waals surface area contributed by atoms with Crippen LogP contribution in [0.4, 0.5) is 4.79 Å². The predicted molar refractivity (Wildman–Crippen MR) is 105 cm³/mol. The summed E-state index contributed by atoms with van der Waals surface area (Å²) in [5.74, 6) is -0.506. The molecule has 0 aliphatic carbocycles. The van der Waals surface area contributed by atoms with Gasteiger partial charge in [-0.05, 0) is 39.7 Å². The molecule has 0 aliphatic rings. The van der Waals surface area contributed by atoms with Crippen LogP contribution in [-0.4, -0.2) is 35.2 Å². The number of amides is 1. The van der Waals surface area contributed by atoms with Crippen molar-refractivity contribution in [3.63, 3.8) is 0 Å². The Morgan fingerprint density at radius 1 is 1.19 bits per heavy atom. The summed E-state index contributed by atoms with van der Waals surface area (Å²) in [5, 5.41) is 5.61. The van der Waals surface area contributed by atoms with E-state index in [9.17, 15) is 9.59 Å². The van der Waals surface area contributed by atoms with Crippen LogP contribution in [0.25, 0.3) is 0 Å². The number of esters is 1. The number of carbonyl (C=O) groups excluding carboxylic acids is 2. The molecule has 0 spiro atoms. The summed E-state index contributed by atoms with van der Waals surface area (Å²) >= 11 is 5.19. The topological polar surface area (TPSA) is 76.7 Å². The summed E-state index contributed by atoms with van der Waals surface area (Å²) in [5.41, 5.74) is 0.220. The van der Waals surface area contributed by atoms with Gasteiger partial charge in [0.1, 0.15) is 18.2 Å². The van der Waals surface area contributed by atoms with Crippen LogP contribution in [0.15, 0.2) is 30.3 Å². The van der Waals surface area contributed by atoms with E-state index >= 15 is 0 Å². The lowest BCUT2D eigenvalue weighted by molar-refractivity contribution is -0.157. The van der Waals surface area contributed by atoms with Gasteiger partial charge in [0.15, 0.2) is 0 Å². The third-order valence-corrected chi connectivity index (χ3v) is 3.58. The Bertz CT molecular complexity index is 599. The zero-order valence-corrected chi connectivity index (χ0v) is 16.7. The van der Waals surface area contributed by atoms with Crippen LogP contribution >= 0.6 is 12.2 Å². The predicted octanol–water partition coefficient (Wildman–Crippen LogP) is 3.34. The molecule has 2 N–H and O–H groups in total. The van der Waals surface area contributed by atoms with Crippen molar-refractivity contribution in [2.24, 2.45) is 0 Å². The lowest BCUT2D eigenvalue weighted by Crippen LogP contribution is -2.44. The van der Waals surface area contributed by atoms with Crippen LogP contribution in [0, 0.1) is 0 Å². The summed E-state index contributed by atoms with van der Waals surface area (Å²) in [4.78, 5) is 25.1. The first kappa shape index (κ1) is 21.9. The summed E-state index contributed by atoms with van der Waals surface area (Å²) in [6.45, 7) is 8.11. The van der Waals surface area contributed by atoms with E-state index in [1.165, 1.54) is 0 Å². The Balaban J connectivity index is 2.62. The van der Waals surface area contributed by atoms with Crippen molar-refractivity contribution in [3.05, 3.63) is 35.9 Å². The molecule has 144 valence electrons. The molecule has 1 atom stereocenters. The third-order valence-electron chi connectivity index (χ3n) is 3.23. The molecule has 1 aromatic carbocycles. The molecule has 26 heavy (non-hydrogen) atoms. The van der Waals surface area contributed by atoms with E-state index in [0.717, 1.165) is 5.56 Å². The number of hydrogen-bond acceptors (Lipinski definition) is 5. The molecule has 0 fully saturated rings. The summed E-state index contributed by atoms with van der Waals surface area (Å²) < 4.78 is 10.6. The zero-order valence-electron chi connectivity index (χ0n) is 15.8. The van der Waals surface area contributed by atoms with E-state index < -0.39 is 23.7 Å². The average Bonchev–Trinajstić information content (AvgIpc) is 2.56. The lowest BCUT2D eigenvalue weighted by atomic mass is 10.1. The SMILES string of the molecule is CCNC(=S)CC[C@H](NC(=O)OCc1ccccc1)C(=O)OC(C)(C)C. The third kappa shape index (κ3) is 9.36. The number of carbonyl (C=O) groups is 2. The van der Waals surface area contributed by atoms with Gasteiger partial charge in [-0.25, -0.2) is 9.59 Å². The van der Waals surface area contributed by atoms with Gasteiger partial charge in [-0.2, -0.15) is 0 Å². The van der Waals surface area contributed by atoms with Gasteiger partial charge in [-0.15, -0.1) is 0 Å². The van der Waals surface area contributed by atoms with Crippen LogP contribution in [-0.2, 0) is 20.9 Å². The van der Waals surface area contributed by atoms with Crippen molar-refractivity contribution in [3.8, 4) is 0 Å². The van der Waals surface area contributed by atoms with Crippen LogP contribution in [0.2, 0.25) is 0 Å². The highest BCUT2D eigenvalue weighted by molar-refractivity contribution is 7.80. The van der Waals surface area contributed by atoms with Gasteiger partial charge in [0.2, 0.25) is 0 Å².